The van der Waals surface area contributed by atoms with Crippen LogP contribution in [0.15, 0.2) is 60.0 Å². The fourth-order valence-corrected chi connectivity index (χ4v) is 5.51. The highest BCUT2D eigenvalue weighted by molar-refractivity contribution is 7.89. The maximum absolute atomic E-state index is 13.1. The van der Waals surface area contributed by atoms with Crippen molar-refractivity contribution in [3.63, 3.8) is 0 Å². The molecule has 0 bridgehead atoms. The summed E-state index contributed by atoms with van der Waals surface area (Å²) in [4.78, 5) is 30.1. The summed E-state index contributed by atoms with van der Waals surface area (Å²) in [6, 6.07) is 10.5. The lowest BCUT2D eigenvalue weighted by atomic mass is 10.2. The smallest absolute Gasteiger partial charge is 0.291 e. The van der Waals surface area contributed by atoms with Crippen molar-refractivity contribution in [2.24, 2.45) is 0 Å². The molecule has 0 aliphatic carbocycles. The van der Waals surface area contributed by atoms with Gasteiger partial charge in [0.2, 0.25) is 5.82 Å². The minimum absolute atomic E-state index is 0.0696. The number of amides is 1. The van der Waals surface area contributed by atoms with Crippen molar-refractivity contribution in [1.29, 1.82) is 0 Å². The number of rotatable bonds is 4. The van der Waals surface area contributed by atoms with E-state index in [4.69, 9.17) is 11.6 Å². The van der Waals surface area contributed by atoms with E-state index in [2.05, 4.69) is 19.9 Å². The average Bonchev–Trinajstić information content (AvgIpc) is 3.28. The van der Waals surface area contributed by atoms with E-state index in [9.17, 15) is 13.2 Å². The number of hydrogen-bond donors (Lipinski definition) is 1. The Morgan fingerprint density at radius 2 is 1.74 bits per heavy atom. The number of aromatic nitrogens is 4. The van der Waals surface area contributed by atoms with E-state index in [1.807, 2.05) is 19.1 Å². The Morgan fingerprint density at radius 3 is 2.44 bits per heavy atom. The molecule has 1 N–H and O–H groups in total. The van der Waals surface area contributed by atoms with Crippen LogP contribution in [0.25, 0.3) is 22.2 Å². The molecule has 1 aliphatic heterocycles. The van der Waals surface area contributed by atoms with E-state index in [1.165, 1.54) is 4.31 Å². The highest BCUT2D eigenvalue weighted by Crippen LogP contribution is 2.25. The lowest BCUT2D eigenvalue weighted by Gasteiger charge is -2.33. The number of sulfonamides is 1. The zero-order valence-electron chi connectivity index (χ0n) is 18.3. The quantitative estimate of drug-likeness (QED) is 0.464. The van der Waals surface area contributed by atoms with Crippen molar-refractivity contribution in [1.82, 2.24) is 29.1 Å². The lowest BCUT2D eigenvalue weighted by molar-refractivity contribution is 0.0685. The van der Waals surface area contributed by atoms with Gasteiger partial charge in [0.15, 0.2) is 0 Å². The fraction of sp³-hybridized carbons (Fsp3) is 0.217. The third kappa shape index (κ3) is 4.27. The summed E-state index contributed by atoms with van der Waals surface area (Å²) >= 11 is 6.01. The normalized spacial score (nSPS) is 15.1. The van der Waals surface area contributed by atoms with Gasteiger partial charge in [-0.3, -0.25) is 9.78 Å². The number of hydrogen-bond acceptors (Lipinski definition) is 6. The highest BCUT2D eigenvalue weighted by Gasteiger charge is 2.32. The number of halogens is 1. The number of carbonyl (C=O) groups excluding carboxylic acids is 1. The number of benzene rings is 1. The Bertz CT molecular complexity index is 1480. The van der Waals surface area contributed by atoms with Gasteiger partial charge in [0.25, 0.3) is 15.9 Å². The van der Waals surface area contributed by atoms with Gasteiger partial charge in [0.1, 0.15) is 5.03 Å². The minimum Gasteiger partial charge on any atom is -0.345 e. The van der Waals surface area contributed by atoms with Crippen molar-refractivity contribution in [2.75, 3.05) is 26.2 Å². The average molecular weight is 497 g/mol. The fourth-order valence-electron chi connectivity index (χ4n) is 3.89. The number of pyridine rings is 1. The molecule has 1 fully saturated rings. The van der Waals surface area contributed by atoms with Gasteiger partial charge in [-0.05, 0) is 48.9 Å². The van der Waals surface area contributed by atoms with E-state index < -0.39 is 10.0 Å². The Kier molecular flexibility index (Phi) is 5.80. The Morgan fingerprint density at radius 1 is 1.00 bits per heavy atom. The zero-order chi connectivity index (χ0) is 23.9. The first-order chi connectivity index (χ1) is 16.3. The number of piperazine rings is 1. The maximum Gasteiger partial charge on any atom is 0.291 e. The molecule has 0 saturated carbocycles. The number of nitrogens with one attached hydrogen (secondary N) is 1. The Balaban J connectivity index is 1.26. The summed E-state index contributed by atoms with van der Waals surface area (Å²) in [5, 5.41) is 1.36. The highest BCUT2D eigenvalue weighted by atomic mass is 35.5. The monoisotopic (exact) mass is 496 g/mol. The summed E-state index contributed by atoms with van der Waals surface area (Å²) in [7, 11) is -3.73. The molecule has 9 nitrogen and oxygen atoms in total. The molecule has 0 unspecified atom stereocenters. The molecule has 0 radical (unpaired) electrons. The molecule has 0 spiro atoms. The predicted molar refractivity (Wildman–Crippen MR) is 128 cm³/mol. The van der Waals surface area contributed by atoms with Crippen LogP contribution in [0, 0.1) is 6.92 Å². The van der Waals surface area contributed by atoms with Crippen molar-refractivity contribution < 1.29 is 13.2 Å². The van der Waals surface area contributed by atoms with Gasteiger partial charge < -0.3 is 9.88 Å². The molecular formula is C23H21ClN6O3S. The summed E-state index contributed by atoms with van der Waals surface area (Å²) in [6.07, 6.45) is 4.86. The molecule has 0 atom stereocenters. The molecule has 1 amide bonds. The number of H-pyrrole nitrogens is 1. The second-order valence-electron chi connectivity index (χ2n) is 8.08. The van der Waals surface area contributed by atoms with Crippen LogP contribution >= 0.6 is 11.6 Å². The number of aromatic amines is 1. The van der Waals surface area contributed by atoms with Crippen molar-refractivity contribution in [3.05, 3.63) is 71.4 Å². The van der Waals surface area contributed by atoms with Gasteiger partial charge in [0.05, 0.1) is 5.69 Å². The molecule has 4 heterocycles. The van der Waals surface area contributed by atoms with Crippen LogP contribution in [-0.4, -0.2) is 69.6 Å². The molecule has 1 saturated heterocycles. The van der Waals surface area contributed by atoms with E-state index in [1.54, 1.807) is 47.8 Å². The summed E-state index contributed by atoms with van der Waals surface area (Å²) in [6.45, 7) is 2.81. The summed E-state index contributed by atoms with van der Waals surface area (Å²) in [5.74, 6) is -0.263. The van der Waals surface area contributed by atoms with Crippen LogP contribution in [0.5, 0.6) is 0 Å². The molecule has 11 heteroatoms. The standard InChI is InChI=1S/C23H21ClN6O3S/c1-15-4-5-25-20(10-15)17-13-26-22(27-14-17)23(31)29-6-8-30(9-7-29)34(32,33)21-12-16-11-18(24)2-3-19(16)28-21/h2-5,10-14,28H,6-9H2,1H3. The predicted octanol–water partition coefficient (Wildman–Crippen LogP) is 3.13. The van der Waals surface area contributed by atoms with Gasteiger partial charge in [-0.2, -0.15) is 4.31 Å². The summed E-state index contributed by atoms with van der Waals surface area (Å²) in [5.41, 5.74) is 3.21. The van der Waals surface area contributed by atoms with Gasteiger partial charge >= 0.3 is 0 Å². The number of aryl methyl sites for hydroxylation is 1. The molecule has 1 aromatic carbocycles. The van der Waals surface area contributed by atoms with Crippen molar-refractivity contribution in [3.8, 4) is 11.3 Å². The second-order valence-corrected chi connectivity index (χ2v) is 10.4. The third-order valence-corrected chi connectivity index (χ3v) is 7.81. The van der Waals surface area contributed by atoms with E-state index in [0.29, 0.717) is 10.5 Å². The first kappa shape index (κ1) is 22.5. The Hall–Kier alpha value is -3.34. The van der Waals surface area contributed by atoms with E-state index >= 15 is 0 Å². The van der Waals surface area contributed by atoms with Gasteiger partial charge in [-0.25, -0.2) is 18.4 Å². The lowest BCUT2D eigenvalue weighted by Crippen LogP contribution is -2.50. The van der Waals surface area contributed by atoms with Crippen LogP contribution in [-0.2, 0) is 10.0 Å². The van der Waals surface area contributed by atoms with E-state index in [0.717, 1.165) is 22.2 Å². The van der Waals surface area contributed by atoms with Crippen LogP contribution in [0.3, 0.4) is 0 Å². The van der Waals surface area contributed by atoms with Gasteiger partial charge in [0, 0.05) is 66.3 Å². The maximum atomic E-state index is 13.1. The van der Waals surface area contributed by atoms with Crippen molar-refractivity contribution >= 4 is 38.4 Å². The molecule has 3 aromatic heterocycles. The van der Waals surface area contributed by atoms with Crippen LogP contribution in [0.1, 0.15) is 16.2 Å². The number of nitrogens with zero attached hydrogens (tertiary/aromatic N) is 5. The zero-order valence-corrected chi connectivity index (χ0v) is 19.8. The van der Waals surface area contributed by atoms with Crippen LogP contribution in [0.4, 0.5) is 0 Å². The second kappa shape index (κ2) is 8.79. The molecular weight excluding hydrogens is 476 g/mol. The molecule has 1 aliphatic rings. The van der Waals surface area contributed by atoms with Crippen molar-refractivity contribution in [2.45, 2.75) is 11.9 Å². The molecule has 5 rings (SSSR count). The SMILES string of the molecule is Cc1ccnc(-c2cnc(C(=O)N3CCN(S(=O)(=O)c4cc5cc(Cl)ccc5[nH]4)CC3)nc2)c1. The molecule has 174 valence electrons. The number of carbonyl (C=O) groups is 1. The van der Waals surface area contributed by atoms with E-state index in [-0.39, 0.29) is 42.9 Å². The summed E-state index contributed by atoms with van der Waals surface area (Å²) < 4.78 is 27.6. The Labute approximate surface area is 201 Å². The minimum atomic E-state index is -3.73. The van der Waals surface area contributed by atoms with Crippen LogP contribution in [0.2, 0.25) is 5.02 Å². The first-order valence-corrected chi connectivity index (χ1v) is 12.5. The van der Waals surface area contributed by atoms with Gasteiger partial charge in [-0.15, -0.1) is 0 Å². The molecule has 34 heavy (non-hydrogen) atoms. The largest absolute Gasteiger partial charge is 0.345 e. The first-order valence-electron chi connectivity index (χ1n) is 10.6. The molecule has 4 aromatic rings. The topological polar surface area (TPSA) is 112 Å². The third-order valence-electron chi connectivity index (χ3n) is 5.76. The number of fused-ring (bicyclic) bond motifs is 1. The van der Waals surface area contributed by atoms with Crippen LogP contribution < -0.4 is 0 Å². The van der Waals surface area contributed by atoms with Gasteiger partial charge in [-0.1, -0.05) is 11.6 Å².